The molecule has 3 heterocycles. The van der Waals surface area contributed by atoms with Crippen molar-refractivity contribution < 1.29 is 4.74 Å². The fourth-order valence-corrected chi connectivity index (χ4v) is 5.12. The molecule has 0 bridgehead atoms. The summed E-state index contributed by atoms with van der Waals surface area (Å²) in [6.07, 6.45) is 1.82. The Balaban J connectivity index is 1.35. The van der Waals surface area contributed by atoms with Crippen molar-refractivity contribution in [3.63, 3.8) is 0 Å². The summed E-state index contributed by atoms with van der Waals surface area (Å²) >= 11 is 1.82. The smallest absolute Gasteiger partial charge is 0.156 e. The van der Waals surface area contributed by atoms with Gasteiger partial charge in [0.05, 0.1) is 26.0 Å². The normalized spacial score (nSPS) is 14.1. The fraction of sp³-hybridized carbons (Fsp3) is 0.280. The number of rotatable bonds is 7. The maximum Gasteiger partial charge on any atom is 0.156 e. The molecule has 0 amide bonds. The molecule has 0 radical (unpaired) electrons. The highest BCUT2D eigenvalue weighted by Gasteiger charge is 2.13. The highest BCUT2D eigenvalue weighted by atomic mass is 32.1. The second-order valence-electron chi connectivity index (χ2n) is 7.87. The molecule has 1 aliphatic rings. The van der Waals surface area contributed by atoms with E-state index in [0.29, 0.717) is 6.54 Å². The van der Waals surface area contributed by atoms with E-state index in [1.807, 2.05) is 24.6 Å². The summed E-state index contributed by atoms with van der Waals surface area (Å²) in [5, 5.41) is 17.6. The van der Waals surface area contributed by atoms with Crippen LogP contribution in [0.3, 0.4) is 0 Å². The van der Waals surface area contributed by atoms with Gasteiger partial charge in [-0.15, -0.1) is 16.4 Å². The maximum absolute atomic E-state index is 5.50. The lowest BCUT2D eigenvalue weighted by atomic mass is 10.1. The summed E-state index contributed by atoms with van der Waals surface area (Å²) in [6, 6.07) is 19.5. The number of hydrogen-bond donors (Lipinski definition) is 2. The van der Waals surface area contributed by atoms with Gasteiger partial charge in [0.25, 0.3) is 0 Å². The van der Waals surface area contributed by atoms with Gasteiger partial charge in [0, 0.05) is 45.8 Å². The number of hydrogen-bond acceptors (Lipinski definition) is 7. The van der Waals surface area contributed by atoms with E-state index in [-0.39, 0.29) is 0 Å². The van der Waals surface area contributed by atoms with Crippen LogP contribution in [0.25, 0.3) is 21.2 Å². The minimum atomic E-state index is 0.717. The summed E-state index contributed by atoms with van der Waals surface area (Å²) in [5.74, 6) is 0.822. The summed E-state index contributed by atoms with van der Waals surface area (Å²) in [7, 11) is 1.98. The first kappa shape index (κ1) is 20.9. The molecule has 32 heavy (non-hydrogen) atoms. The molecule has 7 heteroatoms. The number of benzene rings is 2. The van der Waals surface area contributed by atoms with Gasteiger partial charge in [0.15, 0.2) is 5.82 Å². The molecule has 1 saturated heterocycles. The molecule has 6 nitrogen and oxygen atoms in total. The lowest BCUT2D eigenvalue weighted by Gasteiger charge is -2.29. The Hall–Kier alpha value is -3.00. The number of thiophene rings is 1. The molecule has 0 atom stereocenters. The molecule has 2 aromatic carbocycles. The molecule has 0 saturated carbocycles. The first-order chi connectivity index (χ1) is 15.8. The lowest BCUT2D eigenvalue weighted by molar-refractivity contribution is 0.122. The summed E-state index contributed by atoms with van der Waals surface area (Å²) in [6.45, 7) is 4.96. The Morgan fingerprint density at radius 1 is 1.03 bits per heavy atom. The van der Waals surface area contributed by atoms with E-state index >= 15 is 0 Å². The Morgan fingerprint density at radius 3 is 2.78 bits per heavy atom. The van der Waals surface area contributed by atoms with Crippen LogP contribution in [0.15, 0.2) is 60.8 Å². The average molecular weight is 446 g/mol. The van der Waals surface area contributed by atoms with Crippen LogP contribution >= 0.6 is 11.3 Å². The van der Waals surface area contributed by atoms with Crippen molar-refractivity contribution in [1.82, 2.24) is 15.5 Å². The van der Waals surface area contributed by atoms with Gasteiger partial charge in [-0.2, -0.15) is 5.10 Å². The van der Waals surface area contributed by atoms with Crippen molar-refractivity contribution in [2.75, 3.05) is 43.6 Å². The van der Waals surface area contributed by atoms with Crippen LogP contribution in [0.5, 0.6) is 0 Å². The second-order valence-corrected chi connectivity index (χ2v) is 9.04. The number of morpholine rings is 1. The number of nitrogens with one attached hydrogen (secondary N) is 2. The molecular formula is C25H27N5OS. The van der Waals surface area contributed by atoms with Crippen molar-refractivity contribution in [1.29, 1.82) is 0 Å². The number of anilines is 2. The zero-order valence-corrected chi connectivity index (χ0v) is 19.0. The van der Waals surface area contributed by atoms with Crippen molar-refractivity contribution in [2.45, 2.75) is 13.1 Å². The molecule has 1 aliphatic heterocycles. The maximum atomic E-state index is 5.50. The zero-order valence-electron chi connectivity index (χ0n) is 18.2. The van der Waals surface area contributed by atoms with E-state index in [1.165, 1.54) is 26.6 Å². The van der Waals surface area contributed by atoms with Gasteiger partial charge in [-0.05, 0) is 42.4 Å². The minimum absolute atomic E-state index is 0.717. The number of fused-ring (bicyclic) bond motifs is 1. The topological polar surface area (TPSA) is 62.3 Å². The third kappa shape index (κ3) is 4.46. The first-order valence-electron chi connectivity index (χ1n) is 11.0. The average Bonchev–Trinajstić information content (AvgIpc) is 3.32. The van der Waals surface area contributed by atoms with Gasteiger partial charge in [0.1, 0.15) is 0 Å². The second kappa shape index (κ2) is 9.65. The summed E-state index contributed by atoms with van der Waals surface area (Å²) in [4.78, 5) is 4.91. The molecule has 2 aromatic heterocycles. The van der Waals surface area contributed by atoms with E-state index in [2.05, 4.69) is 80.3 Å². The summed E-state index contributed by atoms with van der Waals surface area (Å²) < 4.78 is 5.50. The SMILES string of the molecule is CNCc1ccccc1-c1ccc(CNc2nncc3ccc(N4CCOCC4)cc23)s1. The van der Waals surface area contributed by atoms with Crippen LogP contribution in [-0.4, -0.2) is 43.5 Å². The van der Waals surface area contributed by atoms with Crippen molar-refractivity contribution >= 4 is 33.6 Å². The quantitative estimate of drug-likeness (QED) is 0.436. The molecule has 1 fully saturated rings. The van der Waals surface area contributed by atoms with Crippen LogP contribution in [0.4, 0.5) is 11.5 Å². The molecule has 0 spiro atoms. The third-order valence-electron chi connectivity index (χ3n) is 5.76. The van der Waals surface area contributed by atoms with Crippen LogP contribution in [0, 0.1) is 0 Å². The van der Waals surface area contributed by atoms with E-state index in [0.717, 1.165) is 49.4 Å². The Morgan fingerprint density at radius 2 is 1.91 bits per heavy atom. The minimum Gasteiger partial charge on any atom is -0.378 e. The van der Waals surface area contributed by atoms with Gasteiger partial charge >= 0.3 is 0 Å². The van der Waals surface area contributed by atoms with E-state index < -0.39 is 0 Å². The van der Waals surface area contributed by atoms with Gasteiger partial charge in [-0.25, -0.2) is 0 Å². The van der Waals surface area contributed by atoms with Gasteiger partial charge < -0.3 is 20.3 Å². The van der Waals surface area contributed by atoms with E-state index in [4.69, 9.17) is 4.74 Å². The Bertz CT molecular complexity index is 1200. The van der Waals surface area contributed by atoms with Crippen LogP contribution in [-0.2, 0) is 17.8 Å². The van der Waals surface area contributed by atoms with Gasteiger partial charge in [0.2, 0.25) is 0 Å². The molecule has 2 N–H and O–H groups in total. The number of ether oxygens (including phenoxy) is 1. The Labute approximate surface area is 192 Å². The number of nitrogens with zero attached hydrogens (tertiary/aromatic N) is 3. The highest BCUT2D eigenvalue weighted by molar-refractivity contribution is 7.15. The zero-order chi connectivity index (χ0) is 21.8. The monoisotopic (exact) mass is 445 g/mol. The lowest BCUT2D eigenvalue weighted by Crippen LogP contribution is -2.36. The predicted octanol–water partition coefficient (Wildman–Crippen LogP) is 4.53. The summed E-state index contributed by atoms with van der Waals surface area (Å²) in [5.41, 5.74) is 3.81. The fourth-order valence-electron chi connectivity index (χ4n) is 4.11. The largest absolute Gasteiger partial charge is 0.378 e. The molecule has 0 aliphatic carbocycles. The number of aromatic nitrogens is 2. The van der Waals surface area contributed by atoms with E-state index in [9.17, 15) is 0 Å². The van der Waals surface area contributed by atoms with Crippen LogP contribution in [0.2, 0.25) is 0 Å². The van der Waals surface area contributed by atoms with Gasteiger partial charge in [-0.3, -0.25) is 0 Å². The highest BCUT2D eigenvalue weighted by Crippen LogP contribution is 2.32. The molecule has 0 unspecified atom stereocenters. The third-order valence-corrected chi connectivity index (χ3v) is 6.88. The van der Waals surface area contributed by atoms with Crippen molar-refractivity contribution in [3.8, 4) is 10.4 Å². The van der Waals surface area contributed by atoms with Crippen LogP contribution < -0.4 is 15.5 Å². The molecule has 4 aromatic rings. The predicted molar refractivity (Wildman–Crippen MR) is 132 cm³/mol. The van der Waals surface area contributed by atoms with Crippen LogP contribution in [0.1, 0.15) is 10.4 Å². The van der Waals surface area contributed by atoms with Gasteiger partial charge in [-0.1, -0.05) is 30.3 Å². The first-order valence-corrected chi connectivity index (χ1v) is 11.8. The molecule has 5 rings (SSSR count). The molecule has 164 valence electrons. The standard InChI is InChI=1S/C25H27N5OS/c1-26-15-18-4-2-3-5-22(18)24-9-8-21(32-24)17-27-25-23-14-20(30-10-12-31-13-11-30)7-6-19(23)16-28-29-25/h2-9,14,16,26H,10-13,15,17H2,1H3,(H,27,29). The van der Waals surface area contributed by atoms with E-state index in [1.54, 1.807) is 0 Å². The Kier molecular flexibility index (Phi) is 6.29. The van der Waals surface area contributed by atoms with Crippen molar-refractivity contribution in [3.05, 3.63) is 71.2 Å². The molecular weight excluding hydrogens is 418 g/mol. The van der Waals surface area contributed by atoms with Crippen molar-refractivity contribution in [2.24, 2.45) is 0 Å².